The maximum Gasteiger partial charge on any atom is 0.253 e. The number of rotatable bonds is 8. The highest BCUT2D eigenvalue weighted by molar-refractivity contribution is 6.03. The Morgan fingerprint density at radius 2 is 1.68 bits per heavy atom. The maximum absolute atomic E-state index is 12.6. The van der Waals surface area contributed by atoms with Gasteiger partial charge in [0.05, 0.1) is 11.3 Å². The van der Waals surface area contributed by atoms with E-state index in [0.29, 0.717) is 30.1 Å². The Morgan fingerprint density at radius 1 is 0.964 bits per heavy atom. The second kappa shape index (κ2) is 10.6. The minimum atomic E-state index is -0.162. The van der Waals surface area contributed by atoms with Crippen LogP contribution >= 0.6 is 0 Å². The van der Waals surface area contributed by atoms with Gasteiger partial charge in [-0.05, 0) is 62.4 Å². The average molecular weight is 380 g/mol. The highest BCUT2D eigenvalue weighted by Gasteiger charge is 2.16. The number of piperidine rings is 1. The zero-order valence-electron chi connectivity index (χ0n) is 16.2. The van der Waals surface area contributed by atoms with Crippen molar-refractivity contribution in [1.82, 2.24) is 10.6 Å². The van der Waals surface area contributed by atoms with Gasteiger partial charge in [0.15, 0.2) is 0 Å². The first-order valence-corrected chi connectivity index (χ1v) is 10.1. The van der Waals surface area contributed by atoms with Gasteiger partial charge in [-0.25, -0.2) is 0 Å². The fraction of sp³-hybridized carbons (Fsp3) is 0.391. The lowest BCUT2D eigenvalue weighted by Crippen LogP contribution is -2.29. The van der Waals surface area contributed by atoms with Crippen LogP contribution in [0.25, 0.3) is 0 Å². The van der Waals surface area contributed by atoms with E-state index in [9.17, 15) is 9.59 Å². The second-order valence-electron chi connectivity index (χ2n) is 7.32. The van der Waals surface area contributed by atoms with Gasteiger partial charge in [0.25, 0.3) is 5.91 Å². The Labute approximate surface area is 166 Å². The number of para-hydroxylation sites is 1. The maximum atomic E-state index is 12.6. The topological polar surface area (TPSA) is 70.2 Å². The second-order valence-corrected chi connectivity index (χ2v) is 7.32. The van der Waals surface area contributed by atoms with Crippen molar-refractivity contribution in [3.63, 3.8) is 0 Å². The first-order chi connectivity index (χ1) is 13.7. The summed E-state index contributed by atoms with van der Waals surface area (Å²) in [5, 5.41) is 9.22. The molecule has 148 valence electrons. The van der Waals surface area contributed by atoms with Gasteiger partial charge in [-0.2, -0.15) is 0 Å². The zero-order valence-corrected chi connectivity index (χ0v) is 16.2. The number of hydrogen-bond acceptors (Lipinski definition) is 3. The summed E-state index contributed by atoms with van der Waals surface area (Å²) in [6, 6.07) is 17.2. The van der Waals surface area contributed by atoms with Crippen molar-refractivity contribution < 1.29 is 9.59 Å². The van der Waals surface area contributed by atoms with Crippen LogP contribution in [0.4, 0.5) is 5.69 Å². The van der Waals surface area contributed by atoms with Crippen molar-refractivity contribution in [3.05, 3.63) is 65.7 Å². The molecule has 3 N–H and O–H groups in total. The molecular weight excluding hydrogens is 350 g/mol. The van der Waals surface area contributed by atoms with E-state index in [2.05, 4.69) is 16.0 Å². The van der Waals surface area contributed by atoms with Crippen molar-refractivity contribution in [3.8, 4) is 0 Å². The van der Waals surface area contributed by atoms with Gasteiger partial charge in [-0.15, -0.1) is 0 Å². The molecular formula is C23H29N3O2. The third-order valence-electron chi connectivity index (χ3n) is 5.23. The van der Waals surface area contributed by atoms with Crippen LogP contribution in [-0.2, 0) is 11.2 Å². The lowest BCUT2D eigenvalue weighted by atomic mass is 9.93. The summed E-state index contributed by atoms with van der Waals surface area (Å²) in [4.78, 5) is 24.9. The number of hydrogen-bond donors (Lipinski definition) is 3. The molecule has 0 atom stereocenters. The van der Waals surface area contributed by atoms with E-state index in [-0.39, 0.29) is 11.8 Å². The minimum absolute atomic E-state index is 0.0249. The number of amides is 2. The Bertz CT molecular complexity index is 770. The van der Waals surface area contributed by atoms with Crippen LogP contribution in [0.5, 0.6) is 0 Å². The van der Waals surface area contributed by atoms with Crippen LogP contribution in [0.15, 0.2) is 54.6 Å². The standard InChI is InChI=1S/C23H29N3O2/c27-22(11-10-19-12-15-24-16-13-19)26-21-9-5-4-8-20(21)23(28)25-17-14-18-6-2-1-3-7-18/h1-9,19,24H,10-17H2,(H,25,28)(H,26,27). The number of carbonyl (C=O) groups excluding carboxylic acids is 2. The molecule has 1 fully saturated rings. The molecule has 5 heteroatoms. The van der Waals surface area contributed by atoms with Gasteiger partial charge in [-0.1, -0.05) is 42.5 Å². The third-order valence-corrected chi connectivity index (χ3v) is 5.23. The Balaban J connectivity index is 1.50. The highest BCUT2D eigenvalue weighted by Crippen LogP contribution is 2.19. The van der Waals surface area contributed by atoms with Crippen LogP contribution in [0.2, 0.25) is 0 Å². The Morgan fingerprint density at radius 3 is 2.46 bits per heavy atom. The van der Waals surface area contributed by atoms with Crippen molar-refractivity contribution >= 4 is 17.5 Å². The summed E-state index contributed by atoms with van der Waals surface area (Å²) in [6.45, 7) is 2.64. The summed E-state index contributed by atoms with van der Waals surface area (Å²) in [7, 11) is 0. The molecule has 1 heterocycles. The minimum Gasteiger partial charge on any atom is -0.352 e. The molecule has 2 aromatic rings. The van der Waals surface area contributed by atoms with Crippen LogP contribution in [0.3, 0.4) is 0 Å². The summed E-state index contributed by atoms with van der Waals surface area (Å²) in [6.07, 6.45) is 4.44. The van der Waals surface area contributed by atoms with E-state index >= 15 is 0 Å². The fourth-order valence-corrected chi connectivity index (χ4v) is 3.57. The molecule has 1 aliphatic heterocycles. The summed E-state index contributed by atoms with van der Waals surface area (Å²) in [5.74, 6) is 0.428. The quantitative estimate of drug-likeness (QED) is 0.659. The van der Waals surface area contributed by atoms with Crippen LogP contribution < -0.4 is 16.0 Å². The molecule has 2 amide bonds. The van der Waals surface area contributed by atoms with Crippen LogP contribution in [0, 0.1) is 5.92 Å². The lowest BCUT2D eigenvalue weighted by Gasteiger charge is -2.22. The van der Waals surface area contributed by atoms with E-state index in [0.717, 1.165) is 38.8 Å². The SMILES string of the molecule is O=C(CCC1CCNCC1)Nc1ccccc1C(=O)NCCc1ccccc1. The largest absolute Gasteiger partial charge is 0.352 e. The lowest BCUT2D eigenvalue weighted by molar-refractivity contribution is -0.116. The first kappa shape index (κ1) is 20.1. The number of anilines is 1. The molecule has 2 aromatic carbocycles. The van der Waals surface area contributed by atoms with E-state index < -0.39 is 0 Å². The molecule has 3 rings (SSSR count). The smallest absolute Gasteiger partial charge is 0.253 e. The summed E-state index contributed by atoms with van der Waals surface area (Å²) in [5.41, 5.74) is 2.27. The van der Waals surface area contributed by atoms with E-state index in [1.807, 2.05) is 42.5 Å². The van der Waals surface area contributed by atoms with Gasteiger partial charge in [0.1, 0.15) is 0 Å². The van der Waals surface area contributed by atoms with E-state index in [1.54, 1.807) is 12.1 Å². The molecule has 0 unspecified atom stereocenters. The third kappa shape index (κ3) is 6.20. The van der Waals surface area contributed by atoms with Crippen molar-refractivity contribution in [1.29, 1.82) is 0 Å². The summed E-state index contributed by atoms with van der Waals surface area (Å²) >= 11 is 0. The molecule has 0 bridgehead atoms. The first-order valence-electron chi connectivity index (χ1n) is 10.1. The van der Waals surface area contributed by atoms with Crippen LogP contribution in [0.1, 0.15) is 41.6 Å². The molecule has 0 spiro atoms. The number of benzene rings is 2. The van der Waals surface area contributed by atoms with Gasteiger partial charge in [-0.3, -0.25) is 9.59 Å². The molecule has 0 saturated carbocycles. The normalized spacial score (nSPS) is 14.4. The average Bonchev–Trinajstić information content (AvgIpc) is 2.74. The Kier molecular flexibility index (Phi) is 7.62. The molecule has 0 aromatic heterocycles. The van der Waals surface area contributed by atoms with Crippen LogP contribution in [-0.4, -0.2) is 31.4 Å². The van der Waals surface area contributed by atoms with Crippen molar-refractivity contribution in [2.45, 2.75) is 32.1 Å². The Hall–Kier alpha value is -2.66. The predicted molar refractivity (Wildman–Crippen MR) is 112 cm³/mol. The van der Waals surface area contributed by atoms with E-state index in [1.165, 1.54) is 5.56 Å². The van der Waals surface area contributed by atoms with Gasteiger partial charge >= 0.3 is 0 Å². The predicted octanol–water partition coefficient (Wildman–Crippen LogP) is 3.38. The highest BCUT2D eigenvalue weighted by atomic mass is 16.2. The number of carbonyl (C=O) groups is 2. The van der Waals surface area contributed by atoms with Crippen molar-refractivity contribution in [2.75, 3.05) is 25.0 Å². The number of nitrogens with one attached hydrogen (secondary N) is 3. The molecule has 5 nitrogen and oxygen atoms in total. The molecule has 28 heavy (non-hydrogen) atoms. The van der Waals surface area contributed by atoms with Gasteiger partial charge in [0, 0.05) is 13.0 Å². The molecule has 1 aliphatic rings. The molecule has 0 radical (unpaired) electrons. The van der Waals surface area contributed by atoms with E-state index in [4.69, 9.17) is 0 Å². The van der Waals surface area contributed by atoms with Gasteiger partial charge in [0.2, 0.25) is 5.91 Å². The zero-order chi connectivity index (χ0) is 19.6. The van der Waals surface area contributed by atoms with Gasteiger partial charge < -0.3 is 16.0 Å². The van der Waals surface area contributed by atoms with Crippen molar-refractivity contribution in [2.24, 2.45) is 5.92 Å². The fourth-order valence-electron chi connectivity index (χ4n) is 3.57. The monoisotopic (exact) mass is 379 g/mol. The molecule has 0 aliphatic carbocycles. The molecule has 1 saturated heterocycles. The summed E-state index contributed by atoms with van der Waals surface area (Å²) < 4.78 is 0.